The van der Waals surface area contributed by atoms with Crippen LogP contribution >= 0.6 is 24.0 Å². The van der Waals surface area contributed by atoms with E-state index in [1.807, 2.05) is 25.0 Å². The standard InChI is InChI=1S/C18H33N5O.HI/c1-18(2,3)16(24-6)11-20-17(19-4)23-8-7-14(13-23)9-15-10-21-22(5)12-15;/h10,12,14,16H,7-9,11,13H2,1-6H3,(H,19,20);1H. The highest BCUT2D eigenvalue weighted by Crippen LogP contribution is 2.22. The van der Waals surface area contributed by atoms with Gasteiger partial charge in [0.05, 0.1) is 12.3 Å². The van der Waals surface area contributed by atoms with Gasteiger partial charge in [-0.1, -0.05) is 20.8 Å². The molecule has 2 rings (SSSR count). The molecule has 1 aromatic heterocycles. The van der Waals surface area contributed by atoms with Gasteiger partial charge in [-0.2, -0.15) is 5.10 Å². The van der Waals surface area contributed by atoms with E-state index in [2.05, 4.69) is 47.3 Å². The number of likely N-dealkylation sites (tertiary alicyclic amines) is 1. The highest BCUT2D eigenvalue weighted by molar-refractivity contribution is 14.0. The molecular formula is C18H34IN5O. The van der Waals surface area contributed by atoms with E-state index in [0.717, 1.165) is 32.0 Å². The molecule has 1 aromatic rings. The van der Waals surface area contributed by atoms with Crippen LogP contribution in [-0.2, 0) is 18.2 Å². The molecule has 0 spiro atoms. The van der Waals surface area contributed by atoms with Crippen molar-refractivity contribution in [2.75, 3.05) is 33.8 Å². The predicted octanol–water partition coefficient (Wildman–Crippen LogP) is 2.54. The first-order chi connectivity index (χ1) is 11.3. The number of aliphatic imine (C=N–C) groups is 1. The summed E-state index contributed by atoms with van der Waals surface area (Å²) < 4.78 is 7.50. The number of halogens is 1. The number of hydrogen-bond acceptors (Lipinski definition) is 3. The molecule has 25 heavy (non-hydrogen) atoms. The summed E-state index contributed by atoms with van der Waals surface area (Å²) in [6.45, 7) is 9.47. The molecule has 1 aliphatic rings. The van der Waals surface area contributed by atoms with Crippen LogP contribution < -0.4 is 5.32 Å². The maximum absolute atomic E-state index is 5.63. The third-order valence-electron chi connectivity index (χ3n) is 4.78. The number of aryl methyl sites for hydroxylation is 1. The van der Waals surface area contributed by atoms with Crippen molar-refractivity contribution in [1.29, 1.82) is 0 Å². The maximum atomic E-state index is 5.63. The number of guanidine groups is 1. The Bertz CT molecular complexity index is 552. The molecule has 2 atom stereocenters. The van der Waals surface area contributed by atoms with Crippen LogP contribution in [0.5, 0.6) is 0 Å². The number of rotatable bonds is 5. The molecule has 2 heterocycles. The van der Waals surface area contributed by atoms with E-state index in [9.17, 15) is 0 Å². The van der Waals surface area contributed by atoms with Crippen molar-refractivity contribution in [3.05, 3.63) is 18.0 Å². The van der Waals surface area contributed by atoms with Crippen molar-refractivity contribution >= 4 is 29.9 Å². The van der Waals surface area contributed by atoms with Crippen molar-refractivity contribution in [3.63, 3.8) is 0 Å². The topological polar surface area (TPSA) is 54.7 Å². The van der Waals surface area contributed by atoms with E-state index in [-0.39, 0.29) is 35.5 Å². The second kappa shape index (κ2) is 9.75. The summed E-state index contributed by atoms with van der Waals surface area (Å²) in [5.74, 6) is 1.64. The lowest BCUT2D eigenvalue weighted by atomic mass is 9.89. The number of ether oxygens (including phenoxy) is 1. The molecular weight excluding hydrogens is 429 g/mol. The first kappa shape index (κ1) is 22.2. The molecule has 2 unspecified atom stereocenters. The van der Waals surface area contributed by atoms with Crippen molar-refractivity contribution in [3.8, 4) is 0 Å². The maximum Gasteiger partial charge on any atom is 0.193 e. The third kappa shape index (κ3) is 6.44. The summed E-state index contributed by atoms with van der Waals surface area (Å²) in [7, 11) is 5.60. The van der Waals surface area contributed by atoms with Crippen LogP contribution in [0.15, 0.2) is 17.4 Å². The van der Waals surface area contributed by atoms with Crippen LogP contribution in [0.1, 0.15) is 32.8 Å². The fraction of sp³-hybridized carbons (Fsp3) is 0.778. The number of aromatic nitrogens is 2. The Morgan fingerprint density at radius 2 is 2.20 bits per heavy atom. The van der Waals surface area contributed by atoms with Gasteiger partial charge in [0.25, 0.3) is 0 Å². The first-order valence-corrected chi connectivity index (χ1v) is 8.79. The molecule has 6 nitrogen and oxygen atoms in total. The summed E-state index contributed by atoms with van der Waals surface area (Å²) in [5, 5.41) is 7.76. The Morgan fingerprint density at radius 3 is 2.72 bits per heavy atom. The Balaban J connectivity index is 0.00000312. The van der Waals surface area contributed by atoms with Gasteiger partial charge in [-0.3, -0.25) is 9.67 Å². The van der Waals surface area contributed by atoms with Crippen LogP contribution in [0.3, 0.4) is 0 Å². The van der Waals surface area contributed by atoms with Crippen molar-refractivity contribution in [2.45, 2.75) is 39.7 Å². The minimum Gasteiger partial charge on any atom is -0.379 e. The van der Waals surface area contributed by atoms with Gasteiger partial charge in [-0.25, -0.2) is 0 Å². The zero-order valence-electron chi connectivity index (χ0n) is 16.5. The summed E-state index contributed by atoms with van der Waals surface area (Å²) in [6.07, 6.45) is 6.53. The Morgan fingerprint density at radius 1 is 1.48 bits per heavy atom. The quantitative estimate of drug-likeness (QED) is 0.415. The van der Waals surface area contributed by atoms with Gasteiger partial charge in [0.15, 0.2) is 5.96 Å². The molecule has 7 heteroatoms. The SMILES string of the molecule is CN=C(NCC(OC)C(C)(C)C)N1CCC(Cc2cnn(C)c2)C1.I. The second-order valence-electron chi connectivity index (χ2n) is 7.85. The van der Waals surface area contributed by atoms with Crippen LogP contribution in [0.4, 0.5) is 0 Å². The van der Waals surface area contributed by atoms with Gasteiger partial charge in [0, 0.05) is 47.0 Å². The molecule has 0 saturated carbocycles. The van der Waals surface area contributed by atoms with Crippen molar-refractivity contribution in [1.82, 2.24) is 20.0 Å². The lowest BCUT2D eigenvalue weighted by molar-refractivity contribution is 0.0202. The fourth-order valence-corrected chi connectivity index (χ4v) is 3.36. The molecule has 1 N–H and O–H groups in total. The summed E-state index contributed by atoms with van der Waals surface area (Å²) in [5.41, 5.74) is 1.42. The van der Waals surface area contributed by atoms with E-state index in [1.165, 1.54) is 12.0 Å². The minimum atomic E-state index is 0. The van der Waals surface area contributed by atoms with E-state index in [1.54, 1.807) is 7.11 Å². The van der Waals surface area contributed by atoms with Crippen LogP contribution in [0.2, 0.25) is 0 Å². The number of nitrogens with zero attached hydrogens (tertiary/aromatic N) is 4. The highest BCUT2D eigenvalue weighted by atomic mass is 127. The van der Waals surface area contributed by atoms with Gasteiger partial charge in [-0.15, -0.1) is 24.0 Å². The number of nitrogens with one attached hydrogen (secondary N) is 1. The largest absolute Gasteiger partial charge is 0.379 e. The molecule has 1 saturated heterocycles. The van der Waals surface area contributed by atoms with Gasteiger partial charge < -0.3 is 15.0 Å². The van der Waals surface area contributed by atoms with Gasteiger partial charge in [0.2, 0.25) is 0 Å². The normalized spacial score (nSPS) is 19.7. The predicted molar refractivity (Wildman–Crippen MR) is 114 cm³/mol. The van der Waals surface area contributed by atoms with E-state index < -0.39 is 0 Å². The summed E-state index contributed by atoms with van der Waals surface area (Å²) in [4.78, 5) is 6.82. The Kier molecular flexibility index (Phi) is 8.67. The third-order valence-corrected chi connectivity index (χ3v) is 4.78. The lowest BCUT2D eigenvalue weighted by Gasteiger charge is -2.31. The molecule has 1 fully saturated rings. The summed E-state index contributed by atoms with van der Waals surface area (Å²) >= 11 is 0. The van der Waals surface area contributed by atoms with Crippen LogP contribution in [-0.4, -0.2) is 60.5 Å². The van der Waals surface area contributed by atoms with Crippen molar-refractivity contribution in [2.24, 2.45) is 23.4 Å². The average Bonchev–Trinajstić information content (AvgIpc) is 3.12. The number of hydrogen-bond donors (Lipinski definition) is 1. The highest BCUT2D eigenvalue weighted by Gasteiger charge is 2.28. The van der Waals surface area contributed by atoms with E-state index >= 15 is 0 Å². The molecule has 0 bridgehead atoms. The minimum absolute atomic E-state index is 0. The molecule has 144 valence electrons. The molecule has 0 aromatic carbocycles. The second-order valence-corrected chi connectivity index (χ2v) is 7.85. The van der Waals surface area contributed by atoms with Gasteiger partial charge in [-0.05, 0) is 29.7 Å². The van der Waals surface area contributed by atoms with Gasteiger partial charge in [0.1, 0.15) is 0 Å². The van der Waals surface area contributed by atoms with Gasteiger partial charge >= 0.3 is 0 Å². The molecule has 1 aliphatic heterocycles. The number of methoxy groups -OCH3 is 1. The Labute approximate surface area is 169 Å². The summed E-state index contributed by atoms with van der Waals surface area (Å²) in [6, 6.07) is 0. The van der Waals surface area contributed by atoms with Crippen LogP contribution in [0.25, 0.3) is 0 Å². The van der Waals surface area contributed by atoms with E-state index in [0.29, 0.717) is 5.92 Å². The molecule has 0 radical (unpaired) electrons. The molecule has 0 aliphatic carbocycles. The molecule has 0 amide bonds. The average molecular weight is 463 g/mol. The lowest BCUT2D eigenvalue weighted by Crippen LogP contribution is -2.46. The Hall–Kier alpha value is -0.830. The van der Waals surface area contributed by atoms with E-state index in [4.69, 9.17) is 4.74 Å². The zero-order valence-corrected chi connectivity index (χ0v) is 18.8. The van der Waals surface area contributed by atoms with Crippen LogP contribution in [0, 0.1) is 11.3 Å². The smallest absolute Gasteiger partial charge is 0.193 e. The fourth-order valence-electron chi connectivity index (χ4n) is 3.36. The van der Waals surface area contributed by atoms with Crippen molar-refractivity contribution < 1.29 is 4.74 Å². The first-order valence-electron chi connectivity index (χ1n) is 8.79. The zero-order chi connectivity index (χ0) is 17.7. The monoisotopic (exact) mass is 463 g/mol.